The van der Waals surface area contributed by atoms with Gasteiger partial charge in [0.05, 0.1) is 6.04 Å². The van der Waals surface area contributed by atoms with E-state index in [1.54, 1.807) is 11.9 Å². The monoisotopic (exact) mass is 355 g/mol. The third kappa shape index (κ3) is 4.64. The molecule has 2 atom stereocenters. The largest absolute Gasteiger partial charge is 0.350 e. The molecule has 1 heterocycles. The SMILES string of the molecule is C#Cc1ccc(CNC(=O)C2CCCN2C(=O)C(NC)C(C)(C)C)cc1. The molecule has 0 aromatic heterocycles. The van der Waals surface area contributed by atoms with E-state index in [-0.39, 0.29) is 23.3 Å². The predicted octanol–water partition coefficient (Wildman–Crippen LogP) is 1.91. The molecule has 5 nitrogen and oxygen atoms in total. The van der Waals surface area contributed by atoms with E-state index in [2.05, 4.69) is 16.6 Å². The highest BCUT2D eigenvalue weighted by Gasteiger charge is 2.40. The molecule has 0 spiro atoms. The van der Waals surface area contributed by atoms with Crippen molar-refractivity contribution < 1.29 is 9.59 Å². The zero-order valence-corrected chi connectivity index (χ0v) is 16.1. The highest BCUT2D eigenvalue weighted by molar-refractivity contribution is 5.90. The number of hydrogen-bond acceptors (Lipinski definition) is 3. The van der Waals surface area contributed by atoms with Crippen molar-refractivity contribution in [3.63, 3.8) is 0 Å². The van der Waals surface area contributed by atoms with E-state index in [4.69, 9.17) is 6.42 Å². The maximum Gasteiger partial charge on any atom is 0.243 e. The standard InChI is InChI=1S/C21H29N3O2/c1-6-15-9-11-16(12-10-15)14-23-19(25)17-8-7-13-24(17)20(26)18(22-5)21(2,3)4/h1,9-12,17-18,22H,7-8,13-14H2,2-5H3,(H,23,25). The van der Waals surface area contributed by atoms with E-state index >= 15 is 0 Å². The number of rotatable bonds is 5. The van der Waals surface area contributed by atoms with Crippen LogP contribution in [0.1, 0.15) is 44.7 Å². The zero-order valence-electron chi connectivity index (χ0n) is 16.1. The Morgan fingerprint density at radius 2 is 1.96 bits per heavy atom. The Balaban J connectivity index is 2.00. The first-order valence-corrected chi connectivity index (χ1v) is 9.09. The number of likely N-dealkylation sites (N-methyl/N-ethyl adjacent to an activating group) is 1. The smallest absolute Gasteiger partial charge is 0.243 e. The maximum atomic E-state index is 12.9. The van der Waals surface area contributed by atoms with Crippen molar-refractivity contribution in [3.05, 3.63) is 35.4 Å². The van der Waals surface area contributed by atoms with Gasteiger partial charge in [-0.1, -0.05) is 38.8 Å². The number of carbonyl (C=O) groups excluding carboxylic acids is 2. The van der Waals surface area contributed by atoms with Crippen LogP contribution in [0.5, 0.6) is 0 Å². The molecule has 1 fully saturated rings. The Kier molecular flexibility index (Phi) is 6.44. The van der Waals surface area contributed by atoms with Gasteiger partial charge in [-0.15, -0.1) is 6.42 Å². The van der Waals surface area contributed by atoms with Crippen molar-refractivity contribution in [3.8, 4) is 12.3 Å². The van der Waals surface area contributed by atoms with Gasteiger partial charge in [0.25, 0.3) is 0 Å². The fourth-order valence-corrected chi connectivity index (χ4v) is 3.42. The number of nitrogens with one attached hydrogen (secondary N) is 2. The van der Waals surface area contributed by atoms with Gasteiger partial charge in [-0.2, -0.15) is 0 Å². The van der Waals surface area contributed by atoms with Crippen LogP contribution in [-0.4, -0.2) is 42.4 Å². The molecule has 1 saturated heterocycles. The van der Waals surface area contributed by atoms with Crippen molar-refractivity contribution in [1.29, 1.82) is 0 Å². The zero-order chi connectivity index (χ0) is 19.3. The van der Waals surface area contributed by atoms with Crippen molar-refractivity contribution in [2.75, 3.05) is 13.6 Å². The molecule has 2 N–H and O–H groups in total. The summed E-state index contributed by atoms with van der Waals surface area (Å²) in [6.07, 6.45) is 6.90. The maximum absolute atomic E-state index is 12.9. The van der Waals surface area contributed by atoms with Crippen LogP contribution in [0, 0.1) is 17.8 Å². The first-order chi connectivity index (χ1) is 12.3. The second-order valence-corrected chi connectivity index (χ2v) is 7.84. The van der Waals surface area contributed by atoms with E-state index in [0.717, 1.165) is 17.5 Å². The minimum Gasteiger partial charge on any atom is -0.350 e. The van der Waals surface area contributed by atoms with Gasteiger partial charge in [0.15, 0.2) is 0 Å². The summed E-state index contributed by atoms with van der Waals surface area (Å²) in [5.74, 6) is 2.47. The van der Waals surface area contributed by atoms with Crippen molar-refractivity contribution >= 4 is 11.8 Å². The summed E-state index contributed by atoms with van der Waals surface area (Å²) in [5, 5.41) is 6.06. The topological polar surface area (TPSA) is 61.4 Å². The lowest BCUT2D eigenvalue weighted by Gasteiger charge is -2.34. The van der Waals surface area contributed by atoms with Gasteiger partial charge in [0, 0.05) is 18.7 Å². The molecule has 2 rings (SSSR count). The minimum atomic E-state index is -0.398. The molecule has 0 saturated carbocycles. The average Bonchev–Trinajstić information content (AvgIpc) is 3.09. The first-order valence-electron chi connectivity index (χ1n) is 9.09. The van der Waals surface area contributed by atoms with Crippen LogP contribution in [-0.2, 0) is 16.1 Å². The number of benzene rings is 1. The molecule has 1 aromatic carbocycles. The van der Waals surface area contributed by atoms with Gasteiger partial charge in [-0.3, -0.25) is 9.59 Å². The van der Waals surface area contributed by atoms with Gasteiger partial charge in [-0.25, -0.2) is 0 Å². The van der Waals surface area contributed by atoms with E-state index in [9.17, 15) is 9.59 Å². The third-order valence-electron chi connectivity index (χ3n) is 4.83. The second-order valence-electron chi connectivity index (χ2n) is 7.84. The molecule has 2 unspecified atom stereocenters. The van der Waals surface area contributed by atoms with Crippen molar-refractivity contribution in [2.24, 2.45) is 5.41 Å². The molecule has 0 aliphatic carbocycles. The highest BCUT2D eigenvalue weighted by Crippen LogP contribution is 2.25. The summed E-state index contributed by atoms with van der Waals surface area (Å²) >= 11 is 0. The number of amides is 2. The normalized spacial score (nSPS) is 18.3. The molecular formula is C21H29N3O2. The van der Waals surface area contributed by atoms with E-state index in [1.165, 1.54) is 0 Å². The summed E-state index contributed by atoms with van der Waals surface area (Å²) < 4.78 is 0. The number of carbonyl (C=O) groups is 2. The molecule has 140 valence electrons. The highest BCUT2D eigenvalue weighted by atomic mass is 16.2. The van der Waals surface area contributed by atoms with Crippen molar-refractivity contribution in [1.82, 2.24) is 15.5 Å². The molecule has 0 bridgehead atoms. The molecule has 5 heteroatoms. The van der Waals surface area contributed by atoms with Crippen LogP contribution in [0.2, 0.25) is 0 Å². The van der Waals surface area contributed by atoms with Gasteiger partial charge >= 0.3 is 0 Å². The molecule has 1 aliphatic heterocycles. The lowest BCUT2D eigenvalue weighted by atomic mass is 9.86. The molecule has 26 heavy (non-hydrogen) atoms. The number of nitrogens with zero attached hydrogens (tertiary/aromatic N) is 1. The van der Waals surface area contributed by atoms with E-state index < -0.39 is 6.04 Å². The lowest BCUT2D eigenvalue weighted by molar-refractivity contribution is -0.142. The summed E-state index contributed by atoms with van der Waals surface area (Å²) in [7, 11) is 1.79. The summed E-state index contributed by atoms with van der Waals surface area (Å²) in [5.41, 5.74) is 1.58. The Bertz CT molecular complexity index is 683. The number of hydrogen-bond donors (Lipinski definition) is 2. The summed E-state index contributed by atoms with van der Waals surface area (Å²) in [6, 6.07) is 6.81. The molecule has 1 aromatic rings. The third-order valence-corrected chi connectivity index (χ3v) is 4.83. The summed E-state index contributed by atoms with van der Waals surface area (Å²) in [4.78, 5) is 27.3. The van der Waals surface area contributed by atoms with Gasteiger partial charge < -0.3 is 15.5 Å². The van der Waals surface area contributed by atoms with Gasteiger partial charge in [0.1, 0.15) is 6.04 Å². The van der Waals surface area contributed by atoms with Crippen LogP contribution in [0.4, 0.5) is 0 Å². The lowest BCUT2D eigenvalue weighted by Crippen LogP contribution is -2.55. The van der Waals surface area contributed by atoms with Crippen molar-refractivity contribution in [2.45, 2.75) is 52.2 Å². The molecule has 0 radical (unpaired) electrons. The predicted molar refractivity (Wildman–Crippen MR) is 103 cm³/mol. The molecule has 1 aliphatic rings. The fourth-order valence-electron chi connectivity index (χ4n) is 3.42. The van der Waals surface area contributed by atoms with E-state index in [1.807, 2.05) is 45.0 Å². The van der Waals surface area contributed by atoms with Gasteiger partial charge in [0.2, 0.25) is 11.8 Å². The van der Waals surface area contributed by atoms with Crippen LogP contribution < -0.4 is 10.6 Å². The Morgan fingerprint density at radius 3 is 2.50 bits per heavy atom. The quantitative estimate of drug-likeness (QED) is 0.793. The molecule has 2 amide bonds. The van der Waals surface area contributed by atoms with Crippen LogP contribution >= 0.6 is 0 Å². The number of terminal acetylenes is 1. The second kappa shape index (κ2) is 8.37. The Morgan fingerprint density at radius 1 is 1.31 bits per heavy atom. The van der Waals surface area contributed by atoms with Crippen LogP contribution in [0.25, 0.3) is 0 Å². The van der Waals surface area contributed by atoms with Crippen LogP contribution in [0.15, 0.2) is 24.3 Å². The van der Waals surface area contributed by atoms with Gasteiger partial charge in [-0.05, 0) is 43.0 Å². The Hall–Kier alpha value is -2.32. The molecular weight excluding hydrogens is 326 g/mol. The Labute approximate surface area is 156 Å². The van der Waals surface area contributed by atoms with E-state index in [0.29, 0.717) is 19.5 Å². The van der Waals surface area contributed by atoms with Crippen LogP contribution in [0.3, 0.4) is 0 Å². The fraction of sp³-hybridized carbons (Fsp3) is 0.524. The summed E-state index contributed by atoms with van der Waals surface area (Å²) in [6.45, 7) is 7.13. The number of likely N-dealkylation sites (tertiary alicyclic amines) is 1. The average molecular weight is 355 g/mol. The first kappa shape index (κ1) is 20.0. The minimum absolute atomic E-state index is 0.00368.